The molecule has 1 aliphatic carbocycles. The van der Waals surface area contributed by atoms with Crippen molar-refractivity contribution in [2.45, 2.75) is 19.8 Å². The van der Waals surface area contributed by atoms with Gasteiger partial charge in [-0.15, -0.1) is 0 Å². The average molecular weight is 230 g/mol. The molecule has 0 saturated heterocycles. The summed E-state index contributed by atoms with van der Waals surface area (Å²) in [7, 11) is 0. The number of carbonyl (C=O) groups is 2. The molecule has 1 aromatic carbocycles. The van der Waals surface area contributed by atoms with Gasteiger partial charge in [-0.1, -0.05) is 29.8 Å². The molecule has 0 radical (unpaired) electrons. The molecule has 0 heterocycles. The van der Waals surface area contributed by atoms with Gasteiger partial charge in [-0.25, -0.2) is 0 Å². The molecule has 0 amide bonds. The number of rotatable bonds is 2. The Hall–Kier alpha value is -1.90. The molecule has 2 rings (SSSR count). The Morgan fingerprint density at radius 1 is 1.24 bits per heavy atom. The number of hydrogen-bond donors (Lipinski definition) is 1. The van der Waals surface area contributed by atoms with Crippen LogP contribution in [0.1, 0.15) is 24.0 Å². The van der Waals surface area contributed by atoms with Gasteiger partial charge in [0.25, 0.3) is 0 Å². The van der Waals surface area contributed by atoms with E-state index in [1.807, 2.05) is 31.2 Å². The third kappa shape index (κ3) is 2.61. The second kappa shape index (κ2) is 4.53. The summed E-state index contributed by atoms with van der Waals surface area (Å²) in [4.78, 5) is 22.4. The van der Waals surface area contributed by atoms with Crippen LogP contribution in [0.4, 0.5) is 0 Å². The van der Waals surface area contributed by atoms with Crippen molar-refractivity contribution in [1.82, 2.24) is 0 Å². The molecule has 1 atom stereocenters. The number of carboxylic acid groups (broad SMARTS) is 1. The van der Waals surface area contributed by atoms with Crippen LogP contribution in [0.2, 0.25) is 0 Å². The molecule has 17 heavy (non-hydrogen) atoms. The van der Waals surface area contributed by atoms with Gasteiger partial charge in [0.1, 0.15) is 0 Å². The number of carboxylic acids is 1. The third-order valence-corrected chi connectivity index (χ3v) is 3.02. The van der Waals surface area contributed by atoms with E-state index < -0.39 is 11.9 Å². The maximum Gasteiger partial charge on any atom is 0.307 e. The Morgan fingerprint density at radius 3 is 2.47 bits per heavy atom. The number of aliphatic carboxylic acids is 1. The van der Waals surface area contributed by atoms with Crippen molar-refractivity contribution in [3.05, 3.63) is 41.5 Å². The van der Waals surface area contributed by atoms with Crippen LogP contribution in [0.25, 0.3) is 5.57 Å². The molecule has 3 nitrogen and oxygen atoms in total. The summed E-state index contributed by atoms with van der Waals surface area (Å²) in [5.41, 5.74) is 2.91. The standard InChI is InChI=1S/C14H14O3/c1-9-2-4-10(5-3-9)11-6-12(14(16)17)8-13(15)7-11/h2-5,7,12H,6,8H2,1H3,(H,16,17). The first-order valence-electron chi connectivity index (χ1n) is 5.59. The highest BCUT2D eigenvalue weighted by molar-refractivity contribution is 6.01. The fourth-order valence-corrected chi connectivity index (χ4v) is 2.04. The van der Waals surface area contributed by atoms with Crippen molar-refractivity contribution >= 4 is 17.3 Å². The lowest BCUT2D eigenvalue weighted by Gasteiger charge is -2.18. The largest absolute Gasteiger partial charge is 0.481 e. The highest BCUT2D eigenvalue weighted by Crippen LogP contribution is 2.29. The molecule has 0 fully saturated rings. The van der Waals surface area contributed by atoms with Crippen molar-refractivity contribution in [2.75, 3.05) is 0 Å². The van der Waals surface area contributed by atoms with Crippen molar-refractivity contribution in [3.63, 3.8) is 0 Å². The Morgan fingerprint density at radius 2 is 1.88 bits per heavy atom. The highest BCUT2D eigenvalue weighted by Gasteiger charge is 2.26. The lowest BCUT2D eigenvalue weighted by atomic mass is 9.85. The Labute approximate surface area is 99.8 Å². The highest BCUT2D eigenvalue weighted by atomic mass is 16.4. The first-order chi connectivity index (χ1) is 8.06. The van der Waals surface area contributed by atoms with Crippen molar-refractivity contribution in [2.24, 2.45) is 5.92 Å². The molecule has 0 saturated carbocycles. The van der Waals surface area contributed by atoms with Gasteiger partial charge in [0.15, 0.2) is 5.78 Å². The zero-order chi connectivity index (χ0) is 12.4. The molecular weight excluding hydrogens is 216 g/mol. The Kier molecular flexibility index (Phi) is 3.09. The van der Waals surface area contributed by atoms with Crippen LogP contribution in [-0.4, -0.2) is 16.9 Å². The number of benzene rings is 1. The molecule has 1 N–H and O–H groups in total. The average Bonchev–Trinajstić information content (AvgIpc) is 2.29. The molecule has 0 spiro atoms. The fourth-order valence-electron chi connectivity index (χ4n) is 2.04. The summed E-state index contributed by atoms with van der Waals surface area (Å²) in [6, 6.07) is 7.79. The molecule has 88 valence electrons. The van der Waals surface area contributed by atoms with Crippen molar-refractivity contribution in [1.29, 1.82) is 0 Å². The summed E-state index contributed by atoms with van der Waals surface area (Å²) >= 11 is 0. The van der Waals surface area contributed by atoms with Crippen LogP contribution in [0.5, 0.6) is 0 Å². The van der Waals surface area contributed by atoms with Gasteiger partial charge in [0, 0.05) is 6.42 Å². The summed E-state index contributed by atoms with van der Waals surface area (Å²) < 4.78 is 0. The van der Waals surface area contributed by atoms with Crippen LogP contribution in [0.15, 0.2) is 30.3 Å². The zero-order valence-electron chi connectivity index (χ0n) is 9.64. The lowest BCUT2D eigenvalue weighted by Crippen LogP contribution is -2.21. The third-order valence-electron chi connectivity index (χ3n) is 3.02. The minimum absolute atomic E-state index is 0.0979. The van der Waals surface area contributed by atoms with E-state index in [1.54, 1.807) is 6.08 Å². The smallest absolute Gasteiger partial charge is 0.307 e. The molecule has 0 aliphatic heterocycles. The number of carbonyl (C=O) groups excluding carboxylic acids is 1. The van der Waals surface area contributed by atoms with E-state index in [0.29, 0.717) is 6.42 Å². The van der Waals surface area contributed by atoms with Gasteiger partial charge in [-0.05, 0) is 30.6 Å². The van der Waals surface area contributed by atoms with Gasteiger partial charge in [-0.2, -0.15) is 0 Å². The van der Waals surface area contributed by atoms with E-state index in [1.165, 1.54) is 0 Å². The van der Waals surface area contributed by atoms with Gasteiger partial charge in [0.05, 0.1) is 5.92 Å². The maximum atomic E-state index is 11.5. The monoisotopic (exact) mass is 230 g/mol. The normalized spacial score (nSPS) is 19.9. The summed E-state index contributed by atoms with van der Waals surface area (Å²) in [5.74, 6) is -1.57. The molecule has 0 bridgehead atoms. The predicted octanol–water partition coefficient (Wildman–Crippen LogP) is 2.44. The van der Waals surface area contributed by atoms with Crippen LogP contribution in [-0.2, 0) is 9.59 Å². The lowest BCUT2D eigenvalue weighted by molar-refractivity contribution is -0.143. The van der Waals surface area contributed by atoms with E-state index in [4.69, 9.17) is 5.11 Å². The predicted molar refractivity (Wildman–Crippen MR) is 64.5 cm³/mol. The molecular formula is C14H14O3. The molecule has 1 aliphatic rings. The van der Waals surface area contributed by atoms with E-state index in [-0.39, 0.29) is 12.2 Å². The minimum Gasteiger partial charge on any atom is -0.481 e. The van der Waals surface area contributed by atoms with Crippen LogP contribution in [0, 0.1) is 12.8 Å². The fraction of sp³-hybridized carbons (Fsp3) is 0.286. The number of allylic oxidation sites excluding steroid dienone is 2. The van der Waals surface area contributed by atoms with Crippen LogP contribution in [0.3, 0.4) is 0 Å². The number of ketones is 1. The number of hydrogen-bond acceptors (Lipinski definition) is 2. The first-order valence-corrected chi connectivity index (χ1v) is 5.59. The SMILES string of the molecule is Cc1ccc(C2=CC(=O)CC(C(=O)O)C2)cc1. The van der Waals surface area contributed by atoms with Crippen LogP contribution >= 0.6 is 0 Å². The Bertz CT molecular complexity index is 483. The maximum absolute atomic E-state index is 11.5. The Balaban J connectivity index is 2.29. The van der Waals surface area contributed by atoms with E-state index >= 15 is 0 Å². The second-order valence-corrected chi connectivity index (χ2v) is 4.45. The molecule has 3 heteroatoms. The summed E-state index contributed by atoms with van der Waals surface area (Å²) in [6.45, 7) is 1.99. The second-order valence-electron chi connectivity index (χ2n) is 4.45. The summed E-state index contributed by atoms with van der Waals surface area (Å²) in [5, 5.41) is 8.99. The number of aryl methyl sites for hydroxylation is 1. The van der Waals surface area contributed by atoms with E-state index in [2.05, 4.69) is 0 Å². The van der Waals surface area contributed by atoms with Crippen molar-refractivity contribution in [3.8, 4) is 0 Å². The van der Waals surface area contributed by atoms with Gasteiger partial charge in [-0.3, -0.25) is 9.59 Å². The van der Waals surface area contributed by atoms with Crippen LogP contribution < -0.4 is 0 Å². The summed E-state index contributed by atoms with van der Waals surface area (Å²) in [6.07, 6.45) is 2.12. The van der Waals surface area contributed by atoms with E-state index in [0.717, 1.165) is 16.7 Å². The van der Waals surface area contributed by atoms with E-state index in [9.17, 15) is 9.59 Å². The first kappa shape index (κ1) is 11.6. The molecule has 1 aromatic rings. The van der Waals surface area contributed by atoms with Crippen molar-refractivity contribution < 1.29 is 14.7 Å². The minimum atomic E-state index is -0.893. The van der Waals surface area contributed by atoms with Gasteiger partial charge in [0.2, 0.25) is 0 Å². The topological polar surface area (TPSA) is 54.4 Å². The van der Waals surface area contributed by atoms with Gasteiger partial charge < -0.3 is 5.11 Å². The quantitative estimate of drug-likeness (QED) is 0.849. The zero-order valence-corrected chi connectivity index (χ0v) is 9.64. The van der Waals surface area contributed by atoms with Gasteiger partial charge >= 0.3 is 5.97 Å². The molecule has 0 aromatic heterocycles. The molecule has 1 unspecified atom stereocenters.